The van der Waals surface area contributed by atoms with Crippen molar-refractivity contribution in [1.82, 2.24) is 20.3 Å². The van der Waals surface area contributed by atoms with Gasteiger partial charge in [-0.25, -0.2) is 4.39 Å². The van der Waals surface area contributed by atoms with Crippen molar-refractivity contribution in [3.8, 4) is 5.69 Å². The van der Waals surface area contributed by atoms with Crippen LogP contribution in [0, 0.1) is 12.7 Å². The van der Waals surface area contributed by atoms with E-state index in [2.05, 4.69) is 15.6 Å². The van der Waals surface area contributed by atoms with Gasteiger partial charge in [0.1, 0.15) is 11.6 Å². The lowest BCUT2D eigenvalue weighted by Crippen LogP contribution is -2.24. The maximum absolute atomic E-state index is 13.6. The Kier molecular flexibility index (Phi) is 3.80. The first kappa shape index (κ1) is 14.8. The third kappa shape index (κ3) is 2.91. The van der Waals surface area contributed by atoms with E-state index in [1.165, 1.54) is 17.0 Å². The van der Waals surface area contributed by atoms with Gasteiger partial charge in [-0.2, -0.15) is 4.68 Å². The van der Waals surface area contributed by atoms with Gasteiger partial charge in [-0.05, 0) is 36.8 Å². The molecule has 3 N–H and O–H groups in total. The number of nitrogens with two attached hydrogens (primary N) is 1. The van der Waals surface area contributed by atoms with Gasteiger partial charge in [0.05, 0.1) is 18.5 Å². The minimum Gasteiger partial charge on any atom is -0.467 e. The summed E-state index contributed by atoms with van der Waals surface area (Å²) in [6, 6.07) is 7.98. The Hall–Kier alpha value is -3.16. The molecule has 118 valence electrons. The second-order valence-corrected chi connectivity index (χ2v) is 4.93. The number of rotatable bonds is 4. The molecule has 0 aliphatic rings. The van der Waals surface area contributed by atoms with Crippen LogP contribution in [0.3, 0.4) is 0 Å². The minimum absolute atomic E-state index is 0.0301. The van der Waals surface area contributed by atoms with Gasteiger partial charge in [-0.1, -0.05) is 11.3 Å². The Morgan fingerprint density at radius 1 is 1.43 bits per heavy atom. The Balaban J connectivity index is 1.80. The van der Waals surface area contributed by atoms with E-state index in [1.54, 1.807) is 31.2 Å². The van der Waals surface area contributed by atoms with Crippen molar-refractivity contribution in [2.75, 3.05) is 5.73 Å². The third-order valence-corrected chi connectivity index (χ3v) is 3.32. The molecule has 0 spiro atoms. The van der Waals surface area contributed by atoms with Crippen molar-refractivity contribution in [2.24, 2.45) is 0 Å². The highest BCUT2D eigenvalue weighted by Gasteiger charge is 2.18. The summed E-state index contributed by atoms with van der Waals surface area (Å²) in [5.41, 5.74) is 6.77. The molecular formula is C15H14FN5O2. The van der Waals surface area contributed by atoms with Crippen LogP contribution in [0.4, 0.5) is 10.2 Å². The summed E-state index contributed by atoms with van der Waals surface area (Å²) in [4.78, 5) is 12.1. The minimum atomic E-state index is -0.488. The second-order valence-electron chi connectivity index (χ2n) is 4.93. The van der Waals surface area contributed by atoms with Gasteiger partial charge in [0.15, 0.2) is 11.5 Å². The van der Waals surface area contributed by atoms with Crippen molar-refractivity contribution in [2.45, 2.75) is 13.5 Å². The van der Waals surface area contributed by atoms with E-state index in [4.69, 9.17) is 10.2 Å². The van der Waals surface area contributed by atoms with E-state index in [0.29, 0.717) is 17.0 Å². The van der Waals surface area contributed by atoms with Crippen molar-refractivity contribution in [3.05, 3.63) is 59.4 Å². The lowest BCUT2D eigenvalue weighted by atomic mass is 10.2. The molecule has 8 heteroatoms. The maximum Gasteiger partial charge on any atom is 0.276 e. The van der Waals surface area contributed by atoms with Crippen LogP contribution in [0.5, 0.6) is 0 Å². The van der Waals surface area contributed by atoms with Crippen molar-refractivity contribution in [1.29, 1.82) is 0 Å². The molecule has 2 aromatic heterocycles. The van der Waals surface area contributed by atoms with Crippen molar-refractivity contribution >= 4 is 11.7 Å². The number of hydrogen-bond donors (Lipinski definition) is 2. The average molecular weight is 315 g/mol. The van der Waals surface area contributed by atoms with E-state index >= 15 is 0 Å². The van der Waals surface area contributed by atoms with Crippen LogP contribution < -0.4 is 11.1 Å². The normalized spacial score (nSPS) is 10.7. The van der Waals surface area contributed by atoms with E-state index in [9.17, 15) is 9.18 Å². The van der Waals surface area contributed by atoms with Gasteiger partial charge in [0.25, 0.3) is 5.91 Å². The first-order valence-corrected chi connectivity index (χ1v) is 6.84. The molecule has 3 rings (SSSR count). The Morgan fingerprint density at radius 2 is 2.26 bits per heavy atom. The number of nitrogens with zero attached hydrogens (tertiary/aromatic N) is 3. The predicted molar refractivity (Wildman–Crippen MR) is 80.3 cm³/mol. The zero-order valence-electron chi connectivity index (χ0n) is 12.3. The molecule has 0 saturated heterocycles. The van der Waals surface area contributed by atoms with Crippen LogP contribution in [0.1, 0.15) is 21.8 Å². The van der Waals surface area contributed by atoms with Crippen LogP contribution in [-0.4, -0.2) is 20.9 Å². The highest BCUT2D eigenvalue weighted by molar-refractivity contribution is 5.96. The van der Waals surface area contributed by atoms with E-state index in [1.807, 2.05) is 0 Å². The number of nitrogens with one attached hydrogen (secondary N) is 1. The van der Waals surface area contributed by atoms with Crippen LogP contribution in [0.15, 0.2) is 41.0 Å². The number of benzene rings is 1. The Labute approximate surface area is 130 Å². The molecule has 2 heterocycles. The Morgan fingerprint density at radius 3 is 2.96 bits per heavy atom. The zero-order valence-corrected chi connectivity index (χ0v) is 12.3. The van der Waals surface area contributed by atoms with E-state index in [-0.39, 0.29) is 23.9 Å². The van der Waals surface area contributed by atoms with Gasteiger partial charge >= 0.3 is 0 Å². The first-order valence-electron chi connectivity index (χ1n) is 6.84. The molecule has 1 aromatic carbocycles. The highest BCUT2D eigenvalue weighted by atomic mass is 19.1. The fraction of sp³-hybridized carbons (Fsp3) is 0.133. The SMILES string of the molecule is Cc1ccc(-n2nnc(C(=O)NCc3ccco3)c2N)cc1F. The number of furan rings is 1. The predicted octanol–water partition coefficient (Wildman–Crippen LogP) is 1.82. The molecule has 7 nitrogen and oxygen atoms in total. The first-order chi connectivity index (χ1) is 11.1. The van der Waals surface area contributed by atoms with Crippen molar-refractivity contribution in [3.63, 3.8) is 0 Å². The molecule has 0 aliphatic carbocycles. The summed E-state index contributed by atoms with van der Waals surface area (Å²) in [6.07, 6.45) is 1.51. The van der Waals surface area contributed by atoms with E-state index in [0.717, 1.165) is 0 Å². The lowest BCUT2D eigenvalue weighted by Gasteiger charge is -2.05. The monoisotopic (exact) mass is 315 g/mol. The molecule has 0 aliphatic heterocycles. The van der Waals surface area contributed by atoms with Gasteiger partial charge < -0.3 is 15.5 Å². The summed E-state index contributed by atoms with van der Waals surface area (Å²) >= 11 is 0. The number of aromatic nitrogens is 3. The van der Waals surface area contributed by atoms with Gasteiger partial charge in [0, 0.05) is 0 Å². The van der Waals surface area contributed by atoms with Crippen LogP contribution >= 0.6 is 0 Å². The summed E-state index contributed by atoms with van der Waals surface area (Å²) in [6.45, 7) is 1.86. The number of carbonyl (C=O) groups is 1. The molecule has 0 unspecified atom stereocenters. The number of amides is 1. The molecule has 1 amide bonds. The largest absolute Gasteiger partial charge is 0.467 e. The quantitative estimate of drug-likeness (QED) is 0.765. The van der Waals surface area contributed by atoms with Crippen LogP contribution in [0.25, 0.3) is 5.69 Å². The molecule has 0 fully saturated rings. The lowest BCUT2D eigenvalue weighted by molar-refractivity contribution is 0.0944. The highest BCUT2D eigenvalue weighted by Crippen LogP contribution is 2.17. The molecular weight excluding hydrogens is 301 g/mol. The summed E-state index contributed by atoms with van der Waals surface area (Å²) in [5.74, 6) is -0.242. The smallest absolute Gasteiger partial charge is 0.276 e. The van der Waals surface area contributed by atoms with Gasteiger partial charge in [-0.15, -0.1) is 5.10 Å². The molecule has 0 bridgehead atoms. The number of nitrogen functional groups attached to an aromatic ring is 1. The number of anilines is 1. The second kappa shape index (κ2) is 5.91. The van der Waals surface area contributed by atoms with Crippen LogP contribution in [-0.2, 0) is 6.54 Å². The van der Waals surface area contributed by atoms with Crippen molar-refractivity contribution < 1.29 is 13.6 Å². The fourth-order valence-corrected chi connectivity index (χ4v) is 2.02. The maximum atomic E-state index is 13.6. The summed E-state index contributed by atoms with van der Waals surface area (Å²) in [7, 11) is 0. The fourth-order valence-electron chi connectivity index (χ4n) is 2.02. The molecule has 3 aromatic rings. The van der Waals surface area contributed by atoms with Crippen LogP contribution in [0.2, 0.25) is 0 Å². The summed E-state index contributed by atoms with van der Waals surface area (Å²) < 4.78 is 20.0. The number of hydrogen-bond acceptors (Lipinski definition) is 5. The van der Waals surface area contributed by atoms with E-state index < -0.39 is 5.91 Å². The van der Waals surface area contributed by atoms with Gasteiger partial charge in [0.2, 0.25) is 0 Å². The topological polar surface area (TPSA) is 99.0 Å². The Bertz CT molecular complexity index is 842. The number of carbonyl (C=O) groups excluding carboxylic acids is 1. The summed E-state index contributed by atoms with van der Waals surface area (Å²) in [5, 5.41) is 10.2. The standard InChI is InChI=1S/C15H14FN5O2/c1-9-4-5-10(7-12(9)16)21-14(17)13(19-20-21)15(22)18-8-11-3-2-6-23-11/h2-7H,8,17H2,1H3,(H,18,22). The third-order valence-electron chi connectivity index (χ3n) is 3.32. The number of halogens is 1. The molecule has 0 saturated carbocycles. The zero-order chi connectivity index (χ0) is 16.4. The average Bonchev–Trinajstić information content (AvgIpc) is 3.17. The molecule has 0 atom stereocenters. The molecule has 0 radical (unpaired) electrons. The van der Waals surface area contributed by atoms with Gasteiger partial charge in [-0.3, -0.25) is 4.79 Å². The molecule has 23 heavy (non-hydrogen) atoms. The number of aryl methyl sites for hydroxylation is 1.